The molecule has 0 aliphatic heterocycles. The van der Waals surface area contributed by atoms with Gasteiger partial charge in [0.05, 0.1) is 11.3 Å². The van der Waals surface area contributed by atoms with Crippen molar-refractivity contribution in [3.05, 3.63) is 63.6 Å². The number of aromatic carboxylic acids is 1. The molecule has 102 valence electrons. The van der Waals surface area contributed by atoms with Crippen LogP contribution in [-0.2, 0) is 0 Å². The molecule has 20 heavy (non-hydrogen) atoms. The van der Waals surface area contributed by atoms with Crippen LogP contribution in [-0.4, -0.2) is 17.0 Å². The Morgan fingerprint density at radius 1 is 1.15 bits per heavy atom. The van der Waals surface area contributed by atoms with Crippen LogP contribution < -0.4 is 5.32 Å². The first-order valence-corrected chi connectivity index (χ1v) is 6.68. The molecule has 2 rings (SSSR count). The Bertz CT molecular complexity index is 683. The van der Waals surface area contributed by atoms with E-state index in [0.717, 1.165) is 5.56 Å². The lowest BCUT2D eigenvalue weighted by atomic mass is 10.1. The van der Waals surface area contributed by atoms with Gasteiger partial charge in [0.25, 0.3) is 5.91 Å². The van der Waals surface area contributed by atoms with Crippen LogP contribution in [0.2, 0.25) is 0 Å². The summed E-state index contributed by atoms with van der Waals surface area (Å²) in [5.41, 5.74) is 1.96. The van der Waals surface area contributed by atoms with Crippen LogP contribution in [0.25, 0.3) is 0 Å². The number of halogens is 1. The summed E-state index contributed by atoms with van der Waals surface area (Å²) in [5, 5.41) is 11.7. The van der Waals surface area contributed by atoms with Gasteiger partial charge in [0.2, 0.25) is 0 Å². The number of hydrogen-bond donors (Lipinski definition) is 2. The minimum atomic E-state index is -1.04. The fourth-order valence-corrected chi connectivity index (χ4v) is 2.12. The van der Waals surface area contributed by atoms with Crippen LogP contribution in [0.15, 0.2) is 46.9 Å². The van der Waals surface area contributed by atoms with E-state index in [-0.39, 0.29) is 11.5 Å². The Morgan fingerprint density at radius 2 is 1.85 bits per heavy atom. The zero-order valence-electron chi connectivity index (χ0n) is 10.7. The first-order chi connectivity index (χ1) is 9.49. The minimum absolute atomic E-state index is 0.119. The minimum Gasteiger partial charge on any atom is -0.478 e. The second-order valence-electron chi connectivity index (χ2n) is 4.27. The summed E-state index contributed by atoms with van der Waals surface area (Å²) in [4.78, 5) is 23.1. The summed E-state index contributed by atoms with van der Waals surface area (Å²) in [6.07, 6.45) is 0. The molecule has 1 amide bonds. The van der Waals surface area contributed by atoms with E-state index in [9.17, 15) is 9.59 Å². The first-order valence-electron chi connectivity index (χ1n) is 5.89. The SMILES string of the molecule is Cc1ccccc1C(=O)Nc1cc(C(=O)O)ccc1Br. The fraction of sp³-hybridized carbons (Fsp3) is 0.0667. The van der Waals surface area contributed by atoms with E-state index in [4.69, 9.17) is 5.11 Å². The zero-order valence-corrected chi connectivity index (χ0v) is 12.3. The van der Waals surface area contributed by atoms with Crippen molar-refractivity contribution in [1.82, 2.24) is 0 Å². The Labute approximate surface area is 124 Å². The molecule has 0 heterocycles. The molecular weight excluding hydrogens is 322 g/mol. The van der Waals surface area contributed by atoms with Gasteiger partial charge < -0.3 is 10.4 Å². The molecule has 0 saturated carbocycles. The number of benzene rings is 2. The van der Waals surface area contributed by atoms with E-state index >= 15 is 0 Å². The number of nitrogens with one attached hydrogen (secondary N) is 1. The van der Waals surface area contributed by atoms with Gasteiger partial charge in [-0.3, -0.25) is 4.79 Å². The summed E-state index contributed by atoms with van der Waals surface area (Å²) < 4.78 is 0.629. The van der Waals surface area contributed by atoms with E-state index < -0.39 is 5.97 Å². The summed E-state index contributed by atoms with van der Waals surface area (Å²) in [7, 11) is 0. The van der Waals surface area contributed by atoms with Crippen molar-refractivity contribution in [2.75, 3.05) is 5.32 Å². The number of amides is 1. The smallest absolute Gasteiger partial charge is 0.335 e. The van der Waals surface area contributed by atoms with Crippen LogP contribution in [0.3, 0.4) is 0 Å². The number of anilines is 1. The quantitative estimate of drug-likeness (QED) is 0.899. The van der Waals surface area contributed by atoms with Crippen LogP contribution in [0.1, 0.15) is 26.3 Å². The highest BCUT2D eigenvalue weighted by Gasteiger charge is 2.12. The molecule has 0 radical (unpaired) electrons. The molecule has 4 nitrogen and oxygen atoms in total. The third-order valence-electron chi connectivity index (χ3n) is 2.85. The monoisotopic (exact) mass is 333 g/mol. The Balaban J connectivity index is 2.30. The third-order valence-corrected chi connectivity index (χ3v) is 3.54. The predicted molar refractivity (Wildman–Crippen MR) is 80.2 cm³/mol. The number of hydrogen-bond acceptors (Lipinski definition) is 2. The molecule has 0 aliphatic carbocycles. The summed E-state index contributed by atoms with van der Waals surface area (Å²) in [5.74, 6) is -1.31. The molecule has 0 aliphatic rings. The maximum atomic E-state index is 12.2. The molecule has 0 unspecified atom stereocenters. The van der Waals surface area contributed by atoms with Crippen LogP contribution in [0.5, 0.6) is 0 Å². The largest absolute Gasteiger partial charge is 0.478 e. The van der Waals surface area contributed by atoms with Crippen LogP contribution in [0, 0.1) is 6.92 Å². The fourth-order valence-electron chi connectivity index (χ4n) is 1.77. The number of carbonyl (C=O) groups excluding carboxylic acids is 1. The Kier molecular flexibility index (Phi) is 4.20. The molecule has 0 saturated heterocycles. The molecule has 2 aromatic carbocycles. The highest BCUT2D eigenvalue weighted by atomic mass is 79.9. The highest BCUT2D eigenvalue weighted by Crippen LogP contribution is 2.24. The van der Waals surface area contributed by atoms with Gasteiger partial charge in [0.1, 0.15) is 0 Å². The highest BCUT2D eigenvalue weighted by molar-refractivity contribution is 9.10. The number of aryl methyl sites for hydroxylation is 1. The van der Waals surface area contributed by atoms with Crippen LogP contribution >= 0.6 is 15.9 Å². The second-order valence-corrected chi connectivity index (χ2v) is 5.12. The van der Waals surface area contributed by atoms with Crippen molar-refractivity contribution >= 4 is 33.5 Å². The van der Waals surface area contributed by atoms with Crippen molar-refractivity contribution < 1.29 is 14.7 Å². The topological polar surface area (TPSA) is 66.4 Å². The van der Waals surface area contributed by atoms with Crippen LogP contribution in [0.4, 0.5) is 5.69 Å². The van der Waals surface area contributed by atoms with E-state index in [1.165, 1.54) is 12.1 Å². The van der Waals surface area contributed by atoms with E-state index in [2.05, 4.69) is 21.2 Å². The molecule has 0 spiro atoms. The Morgan fingerprint density at radius 3 is 2.50 bits per heavy atom. The summed E-state index contributed by atoms with van der Waals surface area (Å²) >= 11 is 3.29. The van der Waals surface area contributed by atoms with Crippen molar-refractivity contribution in [2.24, 2.45) is 0 Å². The predicted octanol–water partition coefficient (Wildman–Crippen LogP) is 3.71. The van der Waals surface area contributed by atoms with Gasteiger partial charge in [-0.25, -0.2) is 4.79 Å². The number of rotatable bonds is 3. The van der Waals surface area contributed by atoms with E-state index in [1.54, 1.807) is 18.2 Å². The number of carboxylic acids is 1. The molecule has 0 fully saturated rings. The molecule has 2 N–H and O–H groups in total. The van der Waals surface area contributed by atoms with Gasteiger partial charge in [-0.05, 0) is 52.7 Å². The number of carbonyl (C=O) groups is 2. The average Bonchev–Trinajstić information content (AvgIpc) is 2.41. The summed E-state index contributed by atoms with van der Waals surface area (Å²) in [6.45, 7) is 1.84. The normalized spacial score (nSPS) is 10.1. The van der Waals surface area contributed by atoms with Gasteiger partial charge in [0.15, 0.2) is 0 Å². The van der Waals surface area contributed by atoms with Gasteiger partial charge >= 0.3 is 5.97 Å². The van der Waals surface area contributed by atoms with E-state index in [1.807, 2.05) is 19.1 Å². The van der Waals surface area contributed by atoms with Gasteiger partial charge in [0, 0.05) is 10.0 Å². The molecule has 0 atom stereocenters. The number of carboxylic acid groups (broad SMARTS) is 1. The lowest BCUT2D eigenvalue weighted by Gasteiger charge is -2.10. The van der Waals surface area contributed by atoms with Gasteiger partial charge in [-0.15, -0.1) is 0 Å². The van der Waals surface area contributed by atoms with Crippen molar-refractivity contribution in [1.29, 1.82) is 0 Å². The van der Waals surface area contributed by atoms with Crippen molar-refractivity contribution in [3.63, 3.8) is 0 Å². The molecule has 2 aromatic rings. The van der Waals surface area contributed by atoms with E-state index in [0.29, 0.717) is 15.7 Å². The maximum Gasteiger partial charge on any atom is 0.335 e. The standard InChI is InChI=1S/C15H12BrNO3/c1-9-4-2-3-5-11(9)14(18)17-13-8-10(15(19)20)6-7-12(13)16/h2-8H,1H3,(H,17,18)(H,19,20). The van der Waals surface area contributed by atoms with Crippen molar-refractivity contribution in [2.45, 2.75) is 6.92 Å². The lowest BCUT2D eigenvalue weighted by Crippen LogP contribution is -2.14. The first kappa shape index (κ1) is 14.3. The molecule has 0 aromatic heterocycles. The van der Waals surface area contributed by atoms with Gasteiger partial charge in [-0.2, -0.15) is 0 Å². The van der Waals surface area contributed by atoms with Crippen molar-refractivity contribution in [3.8, 4) is 0 Å². The average molecular weight is 334 g/mol. The summed E-state index contributed by atoms with van der Waals surface area (Å²) in [6, 6.07) is 11.7. The third kappa shape index (κ3) is 3.05. The molecular formula is C15H12BrNO3. The molecule has 0 bridgehead atoms. The second kappa shape index (κ2) is 5.88. The van der Waals surface area contributed by atoms with Gasteiger partial charge in [-0.1, -0.05) is 18.2 Å². The zero-order chi connectivity index (χ0) is 14.7. The Hall–Kier alpha value is -2.14. The lowest BCUT2D eigenvalue weighted by molar-refractivity contribution is 0.0696. The maximum absolute atomic E-state index is 12.2. The molecule has 5 heteroatoms.